The molecule has 9 fully saturated rings. The average molecular weight is 677 g/mol. The van der Waals surface area contributed by atoms with Crippen LogP contribution in [-0.2, 0) is 33.2 Å². The minimum absolute atomic E-state index is 0.0420. The monoisotopic (exact) mass is 676 g/mol. The molecule has 9 aliphatic rings. The SMILES string of the molecule is CC(=O)O[C@@H]1C[C@@]23C[C@@]24CC[C@H](OC2OC[C@@H](O)[C@@H](O)[C@@H]2O)C(C)(C)[C@@H]4CC[C@H]3[C@]2(C)C[C@@H]3O[C@]4(C[C@@H](C)[C@@H]3[C@@]12C)O[C@H](O)[C@]1(C)O[C@H]41. The first-order chi connectivity index (χ1) is 22.4. The van der Waals surface area contributed by atoms with Crippen LogP contribution >= 0.6 is 0 Å². The van der Waals surface area contributed by atoms with E-state index in [1.807, 2.05) is 6.92 Å². The van der Waals surface area contributed by atoms with Crippen LogP contribution in [0.5, 0.6) is 0 Å². The van der Waals surface area contributed by atoms with Crippen LogP contribution in [0.2, 0.25) is 0 Å². The Kier molecular flexibility index (Phi) is 6.70. The van der Waals surface area contributed by atoms with E-state index in [4.69, 9.17) is 28.4 Å². The van der Waals surface area contributed by atoms with Crippen LogP contribution in [0.3, 0.4) is 0 Å². The maximum atomic E-state index is 12.9. The summed E-state index contributed by atoms with van der Waals surface area (Å²) in [6.45, 7) is 15.1. The summed E-state index contributed by atoms with van der Waals surface area (Å²) in [6, 6.07) is 0. The molecule has 0 aromatic rings. The molecule has 0 amide bonds. The lowest BCUT2D eigenvalue weighted by atomic mass is 9.41. The lowest BCUT2D eigenvalue weighted by Gasteiger charge is -2.65. The summed E-state index contributed by atoms with van der Waals surface area (Å²) in [5.41, 5.74) is -1.23. The Bertz CT molecular complexity index is 1390. The molecule has 1 unspecified atom stereocenters. The van der Waals surface area contributed by atoms with Gasteiger partial charge in [0.2, 0.25) is 5.79 Å². The average Bonchev–Trinajstić information content (AvgIpc) is 3.84. The molecular formula is C37H56O11. The van der Waals surface area contributed by atoms with E-state index < -0.39 is 42.3 Å². The molecule has 4 heterocycles. The van der Waals surface area contributed by atoms with Crippen molar-refractivity contribution in [1.29, 1.82) is 0 Å². The number of rotatable bonds is 3. The minimum Gasteiger partial charge on any atom is -0.462 e. The van der Waals surface area contributed by atoms with Gasteiger partial charge in [-0.3, -0.25) is 4.79 Å². The van der Waals surface area contributed by atoms with Gasteiger partial charge in [0.05, 0.1) is 18.8 Å². The highest BCUT2D eigenvalue weighted by Gasteiger charge is 2.87. The first kappa shape index (κ1) is 33.0. The first-order valence-electron chi connectivity index (χ1n) is 18.6. The zero-order chi connectivity index (χ0) is 34.2. The summed E-state index contributed by atoms with van der Waals surface area (Å²) >= 11 is 0. The van der Waals surface area contributed by atoms with Crippen molar-refractivity contribution in [2.24, 2.45) is 50.7 Å². The summed E-state index contributed by atoms with van der Waals surface area (Å²) in [7, 11) is 0. The van der Waals surface area contributed by atoms with Crippen LogP contribution in [0.1, 0.15) is 99.8 Å². The molecular weight excluding hydrogens is 620 g/mol. The van der Waals surface area contributed by atoms with Crippen LogP contribution in [0.4, 0.5) is 0 Å². The van der Waals surface area contributed by atoms with E-state index in [9.17, 15) is 25.2 Å². The Hall–Kier alpha value is -0.890. The molecule has 19 atom stereocenters. The molecule has 9 rings (SSSR count). The predicted molar refractivity (Wildman–Crippen MR) is 168 cm³/mol. The van der Waals surface area contributed by atoms with Crippen molar-refractivity contribution in [3.05, 3.63) is 0 Å². The summed E-state index contributed by atoms with van der Waals surface area (Å²) in [6.07, 6.45) is 0.880. The van der Waals surface area contributed by atoms with E-state index in [2.05, 4.69) is 34.6 Å². The summed E-state index contributed by atoms with van der Waals surface area (Å²) in [5.74, 6) is 0.0295. The fraction of sp³-hybridized carbons (Fsp3) is 0.973. The number of hydrogen-bond acceptors (Lipinski definition) is 11. The maximum Gasteiger partial charge on any atom is 0.302 e. The quantitative estimate of drug-likeness (QED) is 0.198. The van der Waals surface area contributed by atoms with Crippen LogP contribution in [-0.4, -0.2) is 99.7 Å². The number of epoxide rings is 1. The third-order valence-corrected chi connectivity index (χ3v) is 16.8. The Labute approximate surface area is 283 Å². The molecule has 11 nitrogen and oxygen atoms in total. The predicted octanol–water partition coefficient (Wildman–Crippen LogP) is 3.03. The third-order valence-electron chi connectivity index (χ3n) is 16.8. The van der Waals surface area contributed by atoms with E-state index in [1.165, 1.54) is 0 Å². The third kappa shape index (κ3) is 3.74. The van der Waals surface area contributed by atoms with Gasteiger partial charge in [-0.15, -0.1) is 0 Å². The van der Waals surface area contributed by atoms with Gasteiger partial charge in [0.25, 0.3) is 0 Å². The molecule has 0 aromatic heterocycles. The lowest BCUT2D eigenvalue weighted by Crippen LogP contribution is -2.64. The van der Waals surface area contributed by atoms with Gasteiger partial charge in [-0.05, 0) is 97.2 Å². The van der Waals surface area contributed by atoms with Gasteiger partial charge in [0.15, 0.2) is 12.6 Å². The molecule has 3 spiro atoms. The number of fused-ring (bicyclic) bond motifs is 6. The van der Waals surface area contributed by atoms with E-state index in [-0.39, 0.29) is 75.9 Å². The number of carbonyl (C=O) groups is 1. The topological polar surface area (TPSA) is 157 Å². The summed E-state index contributed by atoms with van der Waals surface area (Å²) in [5, 5.41) is 41.7. The van der Waals surface area contributed by atoms with E-state index in [0.29, 0.717) is 18.3 Å². The van der Waals surface area contributed by atoms with Gasteiger partial charge in [-0.2, -0.15) is 0 Å². The second kappa shape index (κ2) is 9.75. The Morgan fingerprint density at radius 2 is 1.56 bits per heavy atom. The molecule has 11 heteroatoms. The van der Waals surface area contributed by atoms with Crippen molar-refractivity contribution in [1.82, 2.24) is 0 Å². The minimum atomic E-state index is -1.31. The number of aliphatic hydroxyl groups excluding tert-OH is 4. The molecule has 270 valence electrons. The van der Waals surface area contributed by atoms with Crippen molar-refractivity contribution in [2.45, 2.75) is 167 Å². The molecule has 0 radical (unpaired) electrons. The fourth-order valence-corrected chi connectivity index (χ4v) is 14.6. The Morgan fingerprint density at radius 3 is 2.23 bits per heavy atom. The first-order valence-corrected chi connectivity index (χ1v) is 18.6. The van der Waals surface area contributed by atoms with Gasteiger partial charge in [-0.25, -0.2) is 0 Å². The molecule has 0 aromatic carbocycles. The Morgan fingerprint density at radius 1 is 0.833 bits per heavy atom. The van der Waals surface area contributed by atoms with Crippen LogP contribution < -0.4 is 0 Å². The number of hydrogen-bond donors (Lipinski definition) is 4. The largest absolute Gasteiger partial charge is 0.462 e. The fourth-order valence-electron chi connectivity index (χ4n) is 14.6. The van der Waals surface area contributed by atoms with Gasteiger partial charge in [0, 0.05) is 18.8 Å². The highest BCUT2D eigenvalue weighted by Crippen LogP contribution is 2.89. The Balaban J connectivity index is 1.03. The maximum absolute atomic E-state index is 12.9. The van der Waals surface area contributed by atoms with Crippen LogP contribution in [0, 0.1) is 50.7 Å². The smallest absolute Gasteiger partial charge is 0.302 e. The number of ether oxygens (including phenoxy) is 6. The standard InChI is InChI=1S/C37H56O11/c1-17-12-37(29-34(7,47-29)30(42)48-37)46-20-13-32(5)22-9-8-21-31(3,4)23(45-28-27(41)26(40)19(39)15-43-28)10-11-35(21)16-36(22,35)14-24(44-18(2)38)33(32,6)25(17)20/h17,19-30,39-42H,8-16H2,1-7H3/t17-,19-,20+,21+,22+,23+,24-,25+,26-,27+,28?,29+,30+,32+,33-,34-,35-,36+,37-/m1/s1. The van der Waals surface area contributed by atoms with Crippen molar-refractivity contribution in [3.8, 4) is 0 Å². The zero-order valence-corrected chi connectivity index (χ0v) is 29.5. The van der Waals surface area contributed by atoms with Crippen molar-refractivity contribution in [3.63, 3.8) is 0 Å². The lowest BCUT2D eigenvalue weighted by molar-refractivity contribution is -0.346. The highest BCUT2D eigenvalue weighted by molar-refractivity contribution is 5.66. The van der Waals surface area contributed by atoms with Crippen molar-refractivity contribution >= 4 is 5.97 Å². The molecule has 4 N–H and O–H groups in total. The summed E-state index contributed by atoms with van der Waals surface area (Å²) in [4.78, 5) is 12.9. The van der Waals surface area contributed by atoms with Gasteiger partial charge >= 0.3 is 5.97 Å². The molecule has 5 aliphatic carbocycles. The molecule has 4 saturated heterocycles. The summed E-state index contributed by atoms with van der Waals surface area (Å²) < 4.78 is 37.9. The van der Waals surface area contributed by atoms with Gasteiger partial charge < -0.3 is 48.8 Å². The van der Waals surface area contributed by atoms with Crippen molar-refractivity contribution in [2.75, 3.05) is 6.61 Å². The second-order valence-corrected chi connectivity index (χ2v) is 18.9. The van der Waals surface area contributed by atoms with Crippen LogP contribution in [0.25, 0.3) is 0 Å². The molecule has 5 saturated carbocycles. The number of aliphatic hydroxyl groups is 4. The normalized spacial score (nSPS) is 63.3. The highest BCUT2D eigenvalue weighted by atomic mass is 16.8. The van der Waals surface area contributed by atoms with E-state index in [1.54, 1.807) is 6.92 Å². The molecule has 48 heavy (non-hydrogen) atoms. The van der Waals surface area contributed by atoms with E-state index in [0.717, 1.165) is 44.9 Å². The van der Waals surface area contributed by atoms with Gasteiger partial charge in [-0.1, -0.05) is 34.6 Å². The van der Waals surface area contributed by atoms with Crippen molar-refractivity contribution < 1.29 is 53.6 Å². The van der Waals surface area contributed by atoms with E-state index >= 15 is 0 Å². The number of esters is 1. The number of carbonyl (C=O) groups excluding carboxylic acids is 1. The molecule has 4 aliphatic heterocycles. The van der Waals surface area contributed by atoms with Gasteiger partial charge in [0.1, 0.15) is 36.1 Å². The molecule has 0 bridgehead atoms. The zero-order valence-electron chi connectivity index (χ0n) is 29.5. The van der Waals surface area contributed by atoms with Crippen LogP contribution in [0.15, 0.2) is 0 Å². The second-order valence-electron chi connectivity index (χ2n) is 18.9.